The first kappa shape index (κ1) is 18.1. The van der Waals surface area contributed by atoms with Crippen molar-refractivity contribution < 1.29 is 46.8 Å². The van der Waals surface area contributed by atoms with Gasteiger partial charge in [-0.3, -0.25) is 9.11 Å². The second kappa shape index (κ2) is 9.92. The Morgan fingerprint density at radius 2 is 1.12 bits per heavy atom. The van der Waals surface area contributed by atoms with Crippen molar-refractivity contribution in [2.75, 3.05) is 26.4 Å². The normalized spacial score (nSPS) is 10.2. The van der Waals surface area contributed by atoms with Crippen LogP contribution < -0.4 is 0 Å². The van der Waals surface area contributed by atoms with E-state index in [1.165, 1.54) is 0 Å². The van der Waals surface area contributed by atoms with E-state index in [0.29, 0.717) is 0 Å². The topological polar surface area (TPSA) is 168 Å². The Morgan fingerprint density at radius 1 is 0.882 bits per heavy atom. The molecule has 0 rings (SSSR count). The number of carbonyl (C=O) groups is 2. The lowest BCUT2D eigenvalue weighted by molar-refractivity contribution is -0.146. The van der Waals surface area contributed by atoms with Gasteiger partial charge in [0.2, 0.25) is 0 Å². The van der Waals surface area contributed by atoms with Crippen molar-refractivity contribution in [3.8, 4) is 0 Å². The van der Waals surface area contributed by atoms with E-state index in [2.05, 4.69) is 9.47 Å². The van der Waals surface area contributed by atoms with Gasteiger partial charge in [0, 0.05) is 0 Å². The summed E-state index contributed by atoms with van der Waals surface area (Å²) in [6.07, 6.45) is 0. The number of rotatable bonds is 7. The van der Waals surface area contributed by atoms with Gasteiger partial charge in [0.25, 0.3) is 0 Å². The van der Waals surface area contributed by atoms with E-state index in [1.807, 2.05) is 0 Å². The van der Waals surface area contributed by atoms with Crippen molar-refractivity contribution in [3.05, 3.63) is 0 Å². The Kier molecular flexibility index (Phi) is 10.6. The number of ether oxygens (including phenoxy) is 2. The molecule has 0 aromatic rings. The van der Waals surface area contributed by atoms with Crippen LogP contribution in [0.1, 0.15) is 0 Å². The summed E-state index contributed by atoms with van der Waals surface area (Å²) in [6.45, 7) is -0.619. The number of carboxylic acids is 2. The molecule has 17 heavy (non-hydrogen) atoms. The predicted molar refractivity (Wildman–Crippen MR) is 51.1 cm³/mol. The maximum Gasteiger partial charge on any atom is 0.394 e. The van der Waals surface area contributed by atoms with Gasteiger partial charge < -0.3 is 19.7 Å². The fourth-order valence-electron chi connectivity index (χ4n) is 0.437. The zero-order valence-electron chi connectivity index (χ0n) is 8.48. The molecule has 0 spiro atoms. The molecule has 0 heterocycles. The molecule has 102 valence electrons. The zero-order valence-corrected chi connectivity index (χ0v) is 9.29. The molecule has 0 aromatic carbocycles. The van der Waals surface area contributed by atoms with Crippen molar-refractivity contribution in [2.24, 2.45) is 0 Å². The molecule has 0 aliphatic carbocycles. The average Bonchev–Trinajstić information content (AvgIpc) is 2.07. The fraction of sp³-hybridized carbons (Fsp3) is 0.667. The maximum absolute atomic E-state index is 9.88. The van der Waals surface area contributed by atoms with Gasteiger partial charge in [0.05, 0.1) is 13.2 Å². The SMILES string of the molecule is O=C(O)COCCOCC(=O)O.O=S(=O)(O)O. The Hall–Kier alpha value is -1.27. The van der Waals surface area contributed by atoms with Gasteiger partial charge in [0.1, 0.15) is 13.2 Å². The summed E-state index contributed by atoms with van der Waals surface area (Å²) in [6, 6.07) is 0. The van der Waals surface area contributed by atoms with E-state index in [9.17, 15) is 9.59 Å². The number of hydrogen-bond donors (Lipinski definition) is 4. The van der Waals surface area contributed by atoms with Crippen LogP contribution in [0.25, 0.3) is 0 Å². The fourth-order valence-corrected chi connectivity index (χ4v) is 0.437. The van der Waals surface area contributed by atoms with Crippen LogP contribution in [0, 0.1) is 0 Å². The summed E-state index contributed by atoms with van der Waals surface area (Å²) >= 11 is 0. The van der Waals surface area contributed by atoms with E-state index < -0.39 is 35.6 Å². The van der Waals surface area contributed by atoms with Gasteiger partial charge in [-0.1, -0.05) is 0 Å². The minimum Gasteiger partial charge on any atom is -0.480 e. The highest BCUT2D eigenvalue weighted by Gasteiger charge is 1.97. The zero-order chi connectivity index (χ0) is 13.9. The van der Waals surface area contributed by atoms with Gasteiger partial charge in [-0.15, -0.1) is 0 Å². The van der Waals surface area contributed by atoms with E-state index >= 15 is 0 Å². The van der Waals surface area contributed by atoms with E-state index in [-0.39, 0.29) is 13.2 Å². The van der Waals surface area contributed by atoms with Crippen LogP contribution in [0.5, 0.6) is 0 Å². The minimum atomic E-state index is -4.67. The Balaban J connectivity index is 0. The first-order valence-electron chi connectivity index (χ1n) is 3.92. The molecule has 10 nitrogen and oxygen atoms in total. The first-order valence-corrected chi connectivity index (χ1v) is 5.31. The van der Waals surface area contributed by atoms with Crippen molar-refractivity contribution in [1.29, 1.82) is 0 Å². The van der Waals surface area contributed by atoms with E-state index in [0.717, 1.165) is 0 Å². The van der Waals surface area contributed by atoms with Gasteiger partial charge in [-0.05, 0) is 0 Å². The summed E-state index contributed by atoms with van der Waals surface area (Å²) in [5.74, 6) is -2.12. The molecular formula is C6H12O10S. The highest BCUT2D eigenvalue weighted by molar-refractivity contribution is 7.79. The maximum atomic E-state index is 9.88. The number of aliphatic carboxylic acids is 2. The van der Waals surface area contributed by atoms with Gasteiger partial charge >= 0.3 is 22.3 Å². The largest absolute Gasteiger partial charge is 0.480 e. The molecule has 0 saturated heterocycles. The van der Waals surface area contributed by atoms with Crippen LogP contribution in [0.15, 0.2) is 0 Å². The highest BCUT2D eigenvalue weighted by atomic mass is 32.3. The third kappa shape index (κ3) is 39.9. The van der Waals surface area contributed by atoms with Crippen LogP contribution >= 0.6 is 0 Å². The summed E-state index contributed by atoms with van der Waals surface area (Å²) < 4.78 is 40.7. The summed E-state index contributed by atoms with van der Waals surface area (Å²) in [7, 11) is -4.67. The smallest absolute Gasteiger partial charge is 0.394 e. The second-order valence-corrected chi connectivity index (χ2v) is 3.24. The predicted octanol–water partition coefficient (Wildman–Crippen LogP) is -1.46. The molecule has 0 atom stereocenters. The number of hydrogen-bond acceptors (Lipinski definition) is 6. The molecule has 0 fully saturated rings. The number of carboxylic acid groups (broad SMARTS) is 2. The van der Waals surface area contributed by atoms with Crippen LogP contribution in [0.2, 0.25) is 0 Å². The molecule has 0 aliphatic rings. The van der Waals surface area contributed by atoms with E-state index in [1.54, 1.807) is 0 Å². The molecule has 4 N–H and O–H groups in total. The molecule has 0 aromatic heterocycles. The minimum absolute atomic E-state index is 0.0829. The van der Waals surface area contributed by atoms with Gasteiger partial charge in [-0.25, -0.2) is 9.59 Å². The van der Waals surface area contributed by atoms with Crippen molar-refractivity contribution in [2.45, 2.75) is 0 Å². The van der Waals surface area contributed by atoms with Gasteiger partial charge in [-0.2, -0.15) is 8.42 Å². The molecule has 0 saturated carbocycles. The first-order chi connectivity index (χ1) is 7.63. The van der Waals surface area contributed by atoms with Crippen molar-refractivity contribution in [3.63, 3.8) is 0 Å². The highest BCUT2D eigenvalue weighted by Crippen LogP contribution is 1.78. The Labute approximate surface area is 96.3 Å². The molecule has 11 heteroatoms. The third-order valence-electron chi connectivity index (χ3n) is 0.823. The quantitative estimate of drug-likeness (QED) is 0.318. The van der Waals surface area contributed by atoms with Gasteiger partial charge in [0.15, 0.2) is 0 Å². The third-order valence-corrected chi connectivity index (χ3v) is 0.823. The van der Waals surface area contributed by atoms with Crippen molar-refractivity contribution in [1.82, 2.24) is 0 Å². The summed E-state index contributed by atoms with van der Waals surface area (Å²) in [5.41, 5.74) is 0. The Bertz CT molecular complexity index is 294. The second-order valence-electron chi connectivity index (χ2n) is 2.34. The standard InChI is InChI=1S/C6H10O6.H2O4S/c7-5(8)3-11-1-2-12-4-6(9)10;1-5(2,3)4/h1-4H2,(H,7,8)(H,9,10);(H2,1,2,3,4). The summed E-state index contributed by atoms with van der Waals surface area (Å²) in [4.78, 5) is 19.8. The molecular weight excluding hydrogens is 264 g/mol. The monoisotopic (exact) mass is 276 g/mol. The van der Waals surface area contributed by atoms with Crippen LogP contribution in [0.3, 0.4) is 0 Å². The molecule has 0 amide bonds. The van der Waals surface area contributed by atoms with E-state index in [4.69, 9.17) is 27.7 Å². The molecule has 0 aliphatic heterocycles. The molecule has 0 radical (unpaired) electrons. The van der Waals surface area contributed by atoms with Crippen LogP contribution in [-0.4, -0.2) is 66.1 Å². The van der Waals surface area contributed by atoms with Crippen molar-refractivity contribution >= 4 is 22.3 Å². The lowest BCUT2D eigenvalue weighted by Gasteiger charge is -2.00. The Morgan fingerprint density at radius 3 is 1.29 bits per heavy atom. The molecule has 0 unspecified atom stereocenters. The summed E-state index contributed by atoms with van der Waals surface area (Å²) in [5, 5.41) is 16.2. The van der Waals surface area contributed by atoms with Crippen LogP contribution in [-0.2, 0) is 29.5 Å². The average molecular weight is 276 g/mol. The lowest BCUT2D eigenvalue weighted by Crippen LogP contribution is -2.14. The van der Waals surface area contributed by atoms with Crippen LogP contribution in [0.4, 0.5) is 0 Å². The molecule has 0 bridgehead atoms. The lowest BCUT2D eigenvalue weighted by atomic mass is 10.7.